The van der Waals surface area contributed by atoms with Crippen LogP contribution in [0.25, 0.3) is 5.57 Å². The van der Waals surface area contributed by atoms with Crippen molar-refractivity contribution in [2.75, 3.05) is 20.6 Å². The van der Waals surface area contributed by atoms with Crippen LogP contribution in [-0.2, 0) is 0 Å². The Balaban J connectivity index is 2.31. The summed E-state index contributed by atoms with van der Waals surface area (Å²) in [5.74, 6) is 0. The smallest absolute Gasteiger partial charge is 0.0566 e. The van der Waals surface area contributed by atoms with Gasteiger partial charge in [0.25, 0.3) is 0 Å². The second-order valence-electron chi connectivity index (χ2n) is 6.68. The molecule has 0 saturated carbocycles. The molecule has 1 aliphatic rings. The molecule has 1 unspecified atom stereocenters. The van der Waals surface area contributed by atoms with Gasteiger partial charge in [-0.05, 0) is 42.8 Å². The molecule has 0 radical (unpaired) electrons. The predicted molar refractivity (Wildman–Crippen MR) is 83.7 cm³/mol. The average Bonchev–Trinajstić information content (AvgIpc) is 2.65. The third-order valence-corrected chi connectivity index (χ3v) is 6.11. The van der Waals surface area contributed by atoms with E-state index < -0.39 is 8.07 Å². The lowest BCUT2D eigenvalue weighted by Crippen LogP contribution is -2.28. The Kier molecular flexibility index (Phi) is 3.78. The van der Waals surface area contributed by atoms with Crippen molar-refractivity contribution in [3.8, 4) is 0 Å². The molecule has 98 valence electrons. The summed E-state index contributed by atoms with van der Waals surface area (Å²) in [6.45, 7) is 8.55. The first-order valence-corrected chi connectivity index (χ1v) is 10.4. The molecule has 1 aliphatic carbocycles. The molecule has 2 rings (SSSR count). The van der Waals surface area contributed by atoms with Crippen LogP contribution in [0, 0.1) is 0 Å². The van der Waals surface area contributed by atoms with Gasteiger partial charge in [-0.15, -0.1) is 0 Å². The highest BCUT2D eigenvalue weighted by Crippen LogP contribution is 2.42. The van der Waals surface area contributed by atoms with Crippen LogP contribution in [0.5, 0.6) is 0 Å². The molecule has 0 spiro atoms. The molecular formula is C16H25NSi. The van der Waals surface area contributed by atoms with Crippen LogP contribution >= 0.6 is 0 Å². The lowest BCUT2D eigenvalue weighted by atomic mass is 10.0. The maximum Gasteiger partial charge on any atom is 0.0566 e. The highest BCUT2D eigenvalue weighted by Gasteiger charge is 2.32. The molecule has 1 nitrogen and oxygen atoms in total. The Morgan fingerprint density at radius 3 is 2.39 bits per heavy atom. The molecule has 0 bridgehead atoms. The zero-order valence-corrected chi connectivity index (χ0v) is 13.3. The van der Waals surface area contributed by atoms with E-state index in [9.17, 15) is 0 Å². The molecule has 0 aromatic heterocycles. The molecule has 1 atom stereocenters. The third kappa shape index (κ3) is 2.75. The largest absolute Gasteiger partial charge is 0.309 e. The predicted octanol–water partition coefficient (Wildman–Crippen LogP) is 4.00. The van der Waals surface area contributed by atoms with E-state index in [-0.39, 0.29) is 0 Å². The van der Waals surface area contributed by atoms with E-state index in [4.69, 9.17) is 0 Å². The average molecular weight is 259 g/mol. The van der Waals surface area contributed by atoms with Gasteiger partial charge in [-0.3, -0.25) is 0 Å². The van der Waals surface area contributed by atoms with Gasteiger partial charge in [0.2, 0.25) is 0 Å². The summed E-state index contributed by atoms with van der Waals surface area (Å²) < 4.78 is 0. The molecular weight excluding hydrogens is 234 g/mol. The van der Waals surface area contributed by atoms with Gasteiger partial charge >= 0.3 is 0 Å². The Bertz CT molecular complexity index is 454. The summed E-state index contributed by atoms with van der Waals surface area (Å²) in [4.78, 5) is 2.27. The van der Waals surface area contributed by atoms with Crippen molar-refractivity contribution in [2.45, 2.75) is 31.6 Å². The number of hydrogen-bond donors (Lipinski definition) is 0. The van der Waals surface area contributed by atoms with Crippen LogP contribution in [0.3, 0.4) is 0 Å². The van der Waals surface area contributed by atoms with Crippen LogP contribution in [0.2, 0.25) is 19.6 Å². The van der Waals surface area contributed by atoms with E-state index in [1.54, 1.807) is 11.1 Å². The van der Waals surface area contributed by atoms with Crippen molar-refractivity contribution >= 4 is 13.6 Å². The Morgan fingerprint density at radius 1 is 1.11 bits per heavy atom. The standard InChI is InChI=1S/C16H25NSi/c1-17(2)11-10-13-12-16(18(3,4)5)15-9-7-6-8-14(13)15/h6-9,12,16H,10-11H2,1-5H3. The van der Waals surface area contributed by atoms with E-state index in [1.165, 1.54) is 12.0 Å². The normalized spacial score (nSPS) is 19.0. The van der Waals surface area contributed by atoms with E-state index in [0.717, 1.165) is 6.54 Å². The van der Waals surface area contributed by atoms with Crippen molar-refractivity contribution < 1.29 is 0 Å². The minimum atomic E-state index is -1.16. The Morgan fingerprint density at radius 2 is 1.78 bits per heavy atom. The SMILES string of the molecule is CN(C)CCC1=CC([Si](C)(C)C)c2ccccc21. The first-order chi connectivity index (χ1) is 8.39. The van der Waals surface area contributed by atoms with Crippen LogP contribution < -0.4 is 0 Å². The minimum absolute atomic E-state index is 0.700. The van der Waals surface area contributed by atoms with Crippen molar-refractivity contribution in [1.82, 2.24) is 4.90 Å². The lowest BCUT2D eigenvalue weighted by molar-refractivity contribution is 0.419. The van der Waals surface area contributed by atoms with Gasteiger partial charge in [-0.1, -0.05) is 50.0 Å². The quantitative estimate of drug-likeness (QED) is 0.739. The summed E-state index contributed by atoms with van der Waals surface area (Å²) in [7, 11) is 3.14. The topological polar surface area (TPSA) is 3.24 Å². The summed E-state index contributed by atoms with van der Waals surface area (Å²) in [6.07, 6.45) is 3.73. The molecule has 0 heterocycles. The van der Waals surface area contributed by atoms with Gasteiger partial charge in [-0.25, -0.2) is 0 Å². The molecule has 0 N–H and O–H groups in total. The van der Waals surface area contributed by atoms with Crippen LogP contribution in [0.15, 0.2) is 30.3 Å². The molecule has 0 aliphatic heterocycles. The number of allylic oxidation sites excluding steroid dienone is 1. The van der Waals surface area contributed by atoms with Gasteiger partial charge in [0.1, 0.15) is 0 Å². The number of fused-ring (bicyclic) bond motifs is 1. The summed E-state index contributed by atoms with van der Waals surface area (Å²) in [5, 5.41) is 0. The second kappa shape index (κ2) is 5.02. The maximum atomic E-state index is 2.56. The molecule has 1 aromatic carbocycles. The number of nitrogens with zero attached hydrogens (tertiary/aromatic N) is 1. The fraction of sp³-hybridized carbons (Fsp3) is 0.500. The van der Waals surface area contributed by atoms with Crippen molar-refractivity contribution in [2.24, 2.45) is 0 Å². The number of hydrogen-bond acceptors (Lipinski definition) is 1. The minimum Gasteiger partial charge on any atom is -0.309 e. The van der Waals surface area contributed by atoms with Crippen LogP contribution in [-0.4, -0.2) is 33.6 Å². The first-order valence-electron chi connectivity index (χ1n) is 6.84. The Hall–Kier alpha value is -0.863. The fourth-order valence-electron chi connectivity index (χ4n) is 2.72. The second-order valence-corrected chi connectivity index (χ2v) is 12.0. The third-order valence-electron chi connectivity index (χ3n) is 3.77. The van der Waals surface area contributed by atoms with Crippen LogP contribution in [0.4, 0.5) is 0 Å². The zero-order chi connectivity index (χ0) is 13.3. The van der Waals surface area contributed by atoms with Gasteiger partial charge < -0.3 is 4.90 Å². The van der Waals surface area contributed by atoms with Gasteiger partial charge in [0.05, 0.1) is 8.07 Å². The van der Waals surface area contributed by atoms with Gasteiger partial charge in [0.15, 0.2) is 0 Å². The molecule has 0 saturated heterocycles. The summed E-state index contributed by atoms with van der Waals surface area (Å²) >= 11 is 0. The van der Waals surface area contributed by atoms with Gasteiger partial charge in [-0.2, -0.15) is 0 Å². The first kappa shape index (κ1) is 13.6. The Labute approximate surface area is 113 Å². The van der Waals surface area contributed by atoms with E-state index in [0.29, 0.717) is 5.54 Å². The van der Waals surface area contributed by atoms with Gasteiger partial charge in [0, 0.05) is 6.54 Å². The van der Waals surface area contributed by atoms with Crippen molar-refractivity contribution in [3.63, 3.8) is 0 Å². The van der Waals surface area contributed by atoms with Crippen molar-refractivity contribution in [1.29, 1.82) is 0 Å². The van der Waals surface area contributed by atoms with E-state index >= 15 is 0 Å². The fourth-order valence-corrected chi connectivity index (χ4v) is 4.61. The van der Waals surface area contributed by atoms with Crippen LogP contribution in [0.1, 0.15) is 23.1 Å². The maximum absolute atomic E-state index is 2.56. The van der Waals surface area contributed by atoms with Crippen molar-refractivity contribution in [3.05, 3.63) is 41.5 Å². The lowest BCUT2D eigenvalue weighted by Gasteiger charge is -2.24. The number of rotatable bonds is 4. The van der Waals surface area contributed by atoms with E-state index in [1.807, 2.05) is 0 Å². The highest BCUT2D eigenvalue weighted by molar-refractivity contribution is 6.78. The summed E-state index contributed by atoms with van der Waals surface area (Å²) in [5.41, 5.74) is 5.34. The molecule has 18 heavy (non-hydrogen) atoms. The number of benzene rings is 1. The molecule has 1 aromatic rings. The highest BCUT2D eigenvalue weighted by atomic mass is 28.3. The zero-order valence-electron chi connectivity index (χ0n) is 12.3. The molecule has 2 heteroatoms. The van der Waals surface area contributed by atoms with E-state index in [2.05, 4.69) is 69.0 Å². The molecule has 0 amide bonds. The monoisotopic (exact) mass is 259 g/mol. The summed E-state index contributed by atoms with van der Waals surface area (Å²) in [6, 6.07) is 9.00. The molecule has 0 fully saturated rings.